The van der Waals surface area contributed by atoms with Gasteiger partial charge in [-0.05, 0) is 11.5 Å². The molecule has 0 bridgehead atoms. The van der Waals surface area contributed by atoms with E-state index in [2.05, 4.69) is 20.3 Å². The van der Waals surface area contributed by atoms with Crippen LogP contribution < -0.4 is 5.32 Å². The molecule has 0 unspecified atom stereocenters. The van der Waals surface area contributed by atoms with E-state index < -0.39 is 0 Å². The van der Waals surface area contributed by atoms with Crippen LogP contribution >= 0.6 is 0 Å². The highest BCUT2D eigenvalue weighted by Gasteiger charge is 2.09. The fourth-order valence-electron chi connectivity index (χ4n) is 2.05. The second kappa shape index (κ2) is 4.41. The van der Waals surface area contributed by atoms with Crippen molar-refractivity contribution in [2.24, 2.45) is 0 Å². The summed E-state index contributed by atoms with van der Waals surface area (Å²) < 4.78 is 0. The lowest BCUT2D eigenvalue weighted by Crippen LogP contribution is -1.97. The van der Waals surface area contributed by atoms with Gasteiger partial charge in [-0.1, -0.05) is 18.2 Å². The molecule has 2 heterocycles. The van der Waals surface area contributed by atoms with Crippen molar-refractivity contribution < 1.29 is 0 Å². The van der Waals surface area contributed by atoms with E-state index in [4.69, 9.17) is 0 Å². The molecule has 0 saturated heterocycles. The lowest BCUT2D eigenvalue weighted by Gasteiger charge is -2.09. The molecule has 0 atom stereocenters. The topological polar surface area (TPSA) is 50.7 Å². The van der Waals surface area contributed by atoms with Crippen molar-refractivity contribution in [3.8, 4) is 11.3 Å². The van der Waals surface area contributed by atoms with Gasteiger partial charge < -0.3 is 5.32 Å². The zero-order valence-corrected chi connectivity index (χ0v) is 9.96. The molecule has 0 radical (unpaired) electrons. The average Bonchev–Trinajstić information content (AvgIpc) is 2.46. The predicted octanol–water partition coefficient (Wildman–Crippen LogP) is 2.73. The van der Waals surface area contributed by atoms with Crippen molar-refractivity contribution in [2.75, 3.05) is 12.4 Å². The molecule has 1 N–H and O–H groups in total. The molecule has 0 saturated carbocycles. The minimum absolute atomic E-state index is 0.779. The highest BCUT2D eigenvalue weighted by molar-refractivity contribution is 5.97. The molecule has 2 aromatic heterocycles. The molecular weight excluding hydrogens is 224 g/mol. The quantitative estimate of drug-likeness (QED) is 0.743. The van der Waals surface area contributed by atoms with Gasteiger partial charge in [0.2, 0.25) is 0 Å². The van der Waals surface area contributed by atoms with Crippen molar-refractivity contribution in [1.29, 1.82) is 0 Å². The highest BCUT2D eigenvalue weighted by Crippen LogP contribution is 2.29. The molecule has 0 fully saturated rings. The number of hydrogen-bond donors (Lipinski definition) is 1. The van der Waals surface area contributed by atoms with E-state index in [0.717, 1.165) is 27.8 Å². The van der Waals surface area contributed by atoms with Crippen molar-refractivity contribution in [1.82, 2.24) is 15.0 Å². The second-order valence-electron chi connectivity index (χ2n) is 3.91. The molecule has 0 aliphatic heterocycles. The van der Waals surface area contributed by atoms with Crippen LogP contribution in [0.1, 0.15) is 0 Å². The fraction of sp³-hybridized carbons (Fsp3) is 0.0714. The van der Waals surface area contributed by atoms with Gasteiger partial charge in [-0.3, -0.25) is 9.97 Å². The summed E-state index contributed by atoms with van der Waals surface area (Å²) >= 11 is 0. The number of pyridine rings is 1. The number of benzene rings is 1. The Morgan fingerprint density at radius 2 is 1.89 bits per heavy atom. The molecule has 1 aromatic carbocycles. The Balaban J connectivity index is 2.32. The third-order valence-electron chi connectivity index (χ3n) is 2.87. The van der Waals surface area contributed by atoms with Gasteiger partial charge in [0.05, 0.1) is 0 Å². The van der Waals surface area contributed by atoms with Gasteiger partial charge in [0, 0.05) is 42.8 Å². The molecule has 0 aliphatic rings. The van der Waals surface area contributed by atoms with Crippen LogP contribution in [-0.2, 0) is 0 Å². The maximum absolute atomic E-state index is 4.42. The number of nitrogens with zero attached hydrogens (tertiary/aromatic N) is 3. The van der Waals surface area contributed by atoms with Crippen LogP contribution in [-0.4, -0.2) is 22.0 Å². The Kier molecular flexibility index (Phi) is 2.61. The Labute approximate surface area is 105 Å². The number of fused-ring (bicyclic) bond motifs is 1. The van der Waals surface area contributed by atoms with Gasteiger partial charge in [-0.2, -0.15) is 0 Å². The van der Waals surface area contributed by atoms with Crippen LogP contribution in [0.25, 0.3) is 22.0 Å². The third-order valence-corrected chi connectivity index (χ3v) is 2.87. The first-order valence-electron chi connectivity index (χ1n) is 5.72. The normalized spacial score (nSPS) is 10.5. The first-order chi connectivity index (χ1) is 8.90. The molecule has 0 aliphatic carbocycles. The summed E-state index contributed by atoms with van der Waals surface area (Å²) in [4.78, 5) is 12.9. The summed E-state index contributed by atoms with van der Waals surface area (Å²) in [5.74, 6) is 0.779. The van der Waals surface area contributed by atoms with Crippen molar-refractivity contribution in [3.05, 3.63) is 49.1 Å². The Morgan fingerprint density at radius 3 is 2.78 bits per heavy atom. The second-order valence-corrected chi connectivity index (χ2v) is 3.91. The van der Waals surface area contributed by atoms with Crippen molar-refractivity contribution in [2.45, 2.75) is 0 Å². The van der Waals surface area contributed by atoms with Crippen LogP contribution in [0.2, 0.25) is 0 Å². The molecule has 0 amide bonds. The first-order valence-corrected chi connectivity index (χ1v) is 5.72. The van der Waals surface area contributed by atoms with Gasteiger partial charge in [-0.25, -0.2) is 4.98 Å². The summed E-state index contributed by atoms with van der Waals surface area (Å²) in [5, 5.41) is 5.30. The molecule has 4 nitrogen and oxygen atoms in total. The summed E-state index contributed by atoms with van der Waals surface area (Å²) in [6.45, 7) is 0. The molecule has 0 spiro atoms. The fourth-order valence-corrected chi connectivity index (χ4v) is 2.05. The van der Waals surface area contributed by atoms with E-state index in [1.807, 2.05) is 37.5 Å². The average molecular weight is 236 g/mol. The molecule has 88 valence electrons. The highest BCUT2D eigenvalue weighted by atomic mass is 15.0. The number of rotatable bonds is 2. The zero-order chi connectivity index (χ0) is 12.4. The van der Waals surface area contributed by atoms with Gasteiger partial charge >= 0.3 is 0 Å². The molecular formula is C14H12N4. The van der Waals surface area contributed by atoms with Crippen LogP contribution in [0.4, 0.5) is 5.82 Å². The SMILES string of the molecule is CNc1nccnc1-c1cccc2cnccc12. The lowest BCUT2D eigenvalue weighted by molar-refractivity contribution is 1.19. The van der Waals surface area contributed by atoms with Crippen LogP contribution in [0.15, 0.2) is 49.1 Å². The minimum Gasteiger partial charge on any atom is -0.371 e. The number of anilines is 1. The zero-order valence-electron chi connectivity index (χ0n) is 9.96. The number of aromatic nitrogens is 3. The van der Waals surface area contributed by atoms with E-state index >= 15 is 0 Å². The smallest absolute Gasteiger partial charge is 0.152 e. The maximum Gasteiger partial charge on any atom is 0.152 e. The summed E-state index contributed by atoms with van der Waals surface area (Å²) in [6, 6.07) is 8.10. The van der Waals surface area contributed by atoms with Crippen LogP contribution in [0.3, 0.4) is 0 Å². The summed E-state index contributed by atoms with van der Waals surface area (Å²) in [6.07, 6.45) is 7.04. The Morgan fingerprint density at radius 1 is 1.00 bits per heavy atom. The third kappa shape index (κ3) is 1.68. The van der Waals surface area contributed by atoms with Crippen molar-refractivity contribution in [3.63, 3.8) is 0 Å². The van der Waals surface area contributed by atoms with E-state index in [1.165, 1.54) is 0 Å². The summed E-state index contributed by atoms with van der Waals surface area (Å²) in [7, 11) is 1.85. The molecule has 3 aromatic rings. The molecule has 3 rings (SSSR count). The number of hydrogen-bond acceptors (Lipinski definition) is 4. The van der Waals surface area contributed by atoms with Crippen LogP contribution in [0, 0.1) is 0 Å². The molecule has 18 heavy (non-hydrogen) atoms. The largest absolute Gasteiger partial charge is 0.371 e. The Bertz CT molecular complexity index is 689. The maximum atomic E-state index is 4.42. The minimum atomic E-state index is 0.779. The monoisotopic (exact) mass is 236 g/mol. The van der Waals surface area contributed by atoms with Gasteiger partial charge in [0.15, 0.2) is 5.82 Å². The van der Waals surface area contributed by atoms with E-state index in [9.17, 15) is 0 Å². The van der Waals surface area contributed by atoms with Gasteiger partial charge in [0.1, 0.15) is 5.69 Å². The predicted molar refractivity (Wildman–Crippen MR) is 72.3 cm³/mol. The lowest BCUT2D eigenvalue weighted by atomic mass is 10.0. The number of nitrogens with one attached hydrogen (secondary N) is 1. The molecule has 4 heteroatoms. The standard InChI is InChI=1S/C14H12N4/c1-15-14-13(17-7-8-18-14)12-4-2-3-10-9-16-6-5-11(10)12/h2-9H,1H3,(H,15,18). The van der Waals surface area contributed by atoms with E-state index in [-0.39, 0.29) is 0 Å². The van der Waals surface area contributed by atoms with Gasteiger partial charge in [0.25, 0.3) is 0 Å². The van der Waals surface area contributed by atoms with Crippen molar-refractivity contribution >= 4 is 16.6 Å². The van der Waals surface area contributed by atoms with Crippen LogP contribution in [0.5, 0.6) is 0 Å². The first kappa shape index (κ1) is 10.7. The summed E-state index contributed by atoms with van der Waals surface area (Å²) in [5.41, 5.74) is 1.92. The van der Waals surface area contributed by atoms with E-state index in [1.54, 1.807) is 18.6 Å². The Hall–Kier alpha value is -2.49. The van der Waals surface area contributed by atoms with E-state index in [0.29, 0.717) is 0 Å². The van der Waals surface area contributed by atoms with Gasteiger partial charge in [-0.15, -0.1) is 0 Å².